The first-order valence-electron chi connectivity index (χ1n) is 11.2. The number of halogens is 2. The molecule has 0 aliphatic heterocycles. The van der Waals surface area contributed by atoms with Crippen LogP contribution in [0, 0.1) is 0 Å². The third-order valence-electron chi connectivity index (χ3n) is 4.52. The van der Waals surface area contributed by atoms with E-state index in [-0.39, 0.29) is 64.3 Å². The zero-order valence-electron chi connectivity index (χ0n) is 21.0. The molecule has 0 aromatic heterocycles. The number of methoxy groups -OCH3 is 1. The van der Waals surface area contributed by atoms with Crippen molar-refractivity contribution in [3.63, 3.8) is 0 Å². The Balaban J connectivity index is -0.0000000976. The summed E-state index contributed by atoms with van der Waals surface area (Å²) in [5.41, 5.74) is 0. The SMILES string of the molecule is CCCCCCCCCCCCCCCCNC(=O)OC.N.N.O=C([O-])CCC(=O)[O-].[Cl-].[Cl-].[Pt+4]. The van der Waals surface area contributed by atoms with E-state index < -0.39 is 24.8 Å². The number of hydrogen-bond acceptors (Lipinski definition) is 8. The molecule has 0 saturated heterocycles. The number of aliphatic carboxylic acids is 2. The molecule has 34 heavy (non-hydrogen) atoms. The molecule has 0 heterocycles. The van der Waals surface area contributed by atoms with Gasteiger partial charge in [-0.1, -0.05) is 90.4 Å². The van der Waals surface area contributed by atoms with Crippen LogP contribution in [-0.2, 0) is 35.4 Å². The minimum Gasteiger partial charge on any atom is -1.00 e. The molecular weight excluding hydrogens is 668 g/mol. The summed E-state index contributed by atoms with van der Waals surface area (Å²) in [6.07, 6.45) is 17.8. The van der Waals surface area contributed by atoms with Gasteiger partial charge in [-0.3, -0.25) is 0 Å². The number of nitrogens with one attached hydrogen (secondary N) is 1. The van der Waals surface area contributed by atoms with Crippen LogP contribution >= 0.6 is 0 Å². The molecule has 0 rings (SSSR count). The van der Waals surface area contributed by atoms with E-state index in [0.29, 0.717) is 0 Å². The fraction of sp³-hybridized carbons (Fsp3) is 0.864. The Labute approximate surface area is 233 Å². The number of amides is 1. The number of unbranched alkanes of at least 4 members (excludes halogenated alkanes) is 13. The van der Waals surface area contributed by atoms with Gasteiger partial charge in [-0.25, -0.2) is 4.79 Å². The molecule has 0 aliphatic carbocycles. The van der Waals surface area contributed by atoms with Crippen LogP contribution in [0.25, 0.3) is 0 Å². The topological polar surface area (TPSA) is 189 Å². The van der Waals surface area contributed by atoms with Crippen LogP contribution in [0.15, 0.2) is 0 Å². The fourth-order valence-electron chi connectivity index (χ4n) is 2.79. The smallest absolute Gasteiger partial charge is 1.00 e. The third-order valence-corrected chi connectivity index (χ3v) is 4.52. The normalized spacial score (nSPS) is 8.53. The fourth-order valence-corrected chi connectivity index (χ4v) is 2.79. The van der Waals surface area contributed by atoms with Crippen LogP contribution in [0.5, 0.6) is 0 Å². The summed E-state index contributed by atoms with van der Waals surface area (Å²) in [6.45, 7) is 3.01. The Bertz CT molecular complexity index is 412. The molecular formula is C22H47Cl2N3O6Pt. The van der Waals surface area contributed by atoms with Crippen LogP contribution in [0.2, 0.25) is 0 Å². The molecule has 210 valence electrons. The van der Waals surface area contributed by atoms with Gasteiger partial charge in [0.05, 0.1) is 7.11 Å². The monoisotopic (exact) mass is 714 g/mol. The summed E-state index contributed by atoms with van der Waals surface area (Å²) in [6, 6.07) is 0. The molecule has 12 heteroatoms. The van der Waals surface area contributed by atoms with Gasteiger partial charge in [-0.15, -0.1) is 0 Å². The van der Waals surface area contributed by atoms with E-state index in [9.17, 15) is 24.6 Å². The molecule has 0 radical (unpaired) electrons. The maximum atomic E-state index is 10.8. The van der Waals surface area contributed by atoms with Crippen molar-refractivity contribution in [1.82, 2.24) is 17.6 Å². The molecule has 9 nitrogen and oxygen atoms in total. The zero-order chi connectivity index (χ0) is 22.2. The zero-order valence-corrected chi connectivity index (χ0v) is 24.7. The Morgan fingerprint density at radius 1 is 0.647 bits per heavy atom. The second-order valence-corrected chi connectivity index (χ2v) is 7.26. The van der Waals surface area contributed by atoms with Crippen molar-refractivity contribution in [1.29, 1.82) is 0 Å². The minimum absolute atomic E-state index is 0. The number of carbonyl (C=O) groups is 3. The summed E-state index contributed by atoms with van der Waals surface area (Å²) in [5.74, 6) is -2.73. The van der Waals surface area contributed by atoms with Crippen molar-refractivity contribution in [3.8, 4) is 0 Å². The van der Waals surface area contributed by atoms with Gasteiger partial charge in [0, 0.05) is 18.5 Å². The molecule has 0 unspecified atom stereocenters. The van der Waals surface area contributed by atoms with E-state index in [1.54, 1.807) is 0 Å². The summed E-state index contributed by atoms with van der Waals surface area (Å²) in [7, 11) is 1.40. The number of carboxylic acids is 2. The van der Waals surface area contributed by atoms with Crippen molar-refractivity contribution in [2.45, 2.75) is 110 Å². The molecule has 0 aromatic rings. The summed E-state index contributed by atoms with van der Waals surface area (Å²) in [5, 5.41) is 21.7. The summed E-state index contributed by atoms with van der Waals surface area (Å²) >= 11 is 0. The van der Waals surface area contributed by atoms with Gasteiger partial charge in [0.15, 0.2) is 0 Å². The molecule has 0 spiro atoms. The van der Waals surface area contributed by atoms with Crippen molar-refractivity contribution in [2.24, 2.45) is 0 Å². The van der Waals surface area contributed by atoms with Crippen molar-refractivity contribution in [3.05, 3.63) is 0 Å². The Hall–Kier alpha value is -0.602. The van der Waals surface area contributed by atoms with Gasteiger partial charge >= 0.3 is 27.2 Å². The first kappa shape index (κ1) is 50.3. The Morgan fingerprint density at radius 2 is 0.941 bits per heavy atom. The molecule has 0 aliphatic rings. The van der Waals surface area contributed by atoms with Gasteiger partial charge in [-0.2, -0.15) is 0 Å². The molecule has 0 atom stereocenters. The summed E-state index contributed by atoms with van der Waals surface area (Å²) in [4.78, 5) is 29.8. The van der Waals surface area contributed by atoms with Gasteiger partial charge in [0.1, 0.15) is 0 Å². The Morgan fingerprint density at radius 3 is 1.21 bits per heavy atom. The third kappa shape index (κ3) is 53.0. The molecule has 1 amide bonds. The average molecular weight is 716 g/mol. The average Bonchev–Trinajstić information content (AvgIpc) is 2.69. The molecule has 0 fully saturated rings. The second kappa shape index (κ2) is 42.5. The van der Waals surface area contributed by atoms with Crippen molar-refractivity contribution >= 4 is 18.0 Å². The van der Waals surface area contributed by atoms with Crippen LogP contribution < -0.4 is 52.6 Å². The largest absolute Gasteiger partial charge is 4.00 e. The predicted octanol–water partition coefficient (Wildman–Crippen LogP) is -2.58. The molecule has 0 aromatic carbocycles. The van der Waals surface area contributed by atoms with Gasteiger partial charge in [0.2, 0.25) is 0 Å². The first-order chi connectivity index (χ1) is 13.9. The van der Waals surface area contributed by atoms with E-state index in [2.05, 4.69) is 17.0 Å². The van der Waals surface area contributed by atoms with Crippen LogP contribution in [0.1, 0.15) is 110 Å². The number of carbonyl (C=O) groups excluding carboxylic acids is 3. The maximum Gasteiger partial charge on any atom is 4.00 e. The number of rotatable bonds is 18. The van der Waals surface area contributed by atoms with E-state index in [4.69, 9.17) is 0 Å². The standard InChI is InChI=1S/C18H37NO2.C4H6O4.2ClH.2H3N.Pt/c1-3-4-5-6-7-8-9-10-11-12-13-14-15-16-17-19-18(20)21-2;5-3(6)1-2-4(7)8;;;;;/h3-17H2,1-2H3,(H,19,20);1-2H2,(H,5,6)(H,7,8);2*1H;2*1H3;/q;;;;;;+4/p-4. The van der Waals surface area contributed by atoms with E-state index in [1.165, 1.54) is 90.6 Å². The van der Waals surface area contributed by atoms with Gasteiger partial charge in [0.25, 0.3) is 0 Å². The number of ether oxygens (including phenoxy) is 1. The van der Waals surface area contributed by atoms with Crippen molar-refractivity contribution < 1.29 is 75.2 Å². The number of alkyl carbamates (subject to hydrolysis) is 1. The van der Waals surface area contributed by atoms with E-state index in [0.717, 1.165) is 13.0 Å². The molecule has 0 saturated carbocycles. The van der Waals surface area contributed by atoms with Crippen LogP contribution in [0.3, 0.4) is 0 Å². The van der Waals surface area contributed by atoms with Gasteiger partial charge in [-0.05, 0) is 19.3 Å². The molecule has 7 N–H and O–H groups in total. The van der Waals surface area contributed by atoms with E-state index >= 15 is 0 Å². The van der Waals surface area contributed by atoms with Crippen LogP contribution in [-0.4, -0.2) is 31.7 Å². The van der Waals surface area contributed by atoms with Crippen LogP contribution in [0.4, 0.5) is 4.79 Å². The van der Waals surface area contributed by atoms with Crippen molar-refractivity contribution in [2.75, 3.05) is 13.7 Å². The van der Waals surface area contributed by atoms with E-state index in [1.807, 2.05) is 0 Å². The molecule has 0 bridgehead atoms. The first-order valence-corrected chi connectivity index (χ1v) is 11.2. The Kier molecular flexibility index (Phi) is 63.0. The maximum absolute atomic E-state index is 10.8. The predicted molar refractivity (Wildman–Crippen MR) is 120 cm³/mol. The second-order valence-electron chi connectivity index (χ2n) is 7.26. The number of hydrogen-bond donors (Lipinski definition) is 3. The minimum atomic E-state index is -1.37. The van der Waals surface area contributed by atoms with Gasteiger partial charge < -0.3 is 67.0 Å². The number of carboxylic acid groups (broad SMARTS) is 2. The summed E-state index contributed by atoms with van der Waals surface area (Å²) < 4.78 is 4.52. The quantitative estimate of drug-likeness (QED) is 0.129.